The molecular weight excluding hydrogens is 384 g/mol. The van der Waals surface area contributed by atoms with Crippen molar-refractivity contribution in [1.29, 1.82) is 0 Å². The van der Waals surface area contributed by atoms with Crippen molar-refractivity contribution in [3.05, 3.63) is 48.5 Å². The first-order chi connectivity index (χ1) is 14.5. The SMILES string of the molecule is COCCOc1nc(-c2cccc(OC)c2)n(-c2ccc(NC(=O)C(C)C)cc2)n1. The molecule has 158 valence electrons. The lowest BCUT2D eigenvalue weighted by molar-refractivity contribution is -0.118. The van der Waals surface area contributed by atoms with Crippen molar-refractivity contribution in [1.82, 2.24) is 14.8 Å². The van der Waals surface area contributed by atoms with Crippen LogP contribution < -0.4 is 14.8 Å². The number of carbonyl (C=O) groups excluding carboxylic acids is 1. The summed E-state index contributed by atoms with van der Waals surface area (Å²) in [5, 5.41) is 7.38. The minimum absolute atomic E-state index is 0.0330. The predicted molar refractivity (Wildman–Crippen MR) is 114 cm³/mol. The molecule has 3 aromatic rings. The average molecular weight is 410 g/mol. The van der Waals surface area contributed by atoms with Gasteiger partial charge in [0.15, 0.2) is 5.82 Å². The lowest BCUT2D eigenvalue weighted by Crippen LogP contribution is -2.17. The monoisotopic (exact) mass is 410 g/mol. The average Bonchev–Trinajstić information content (AvgIpc) is 3.18. The van der Waals surface area contributed by atoms with E-state index in [9.17, 15) is 4.79 Å². The van der Waals surface area contributed by atoms with Gasteiger partial charge < -0.3 is 19.5 Å². The van der Waals surface area contributed by atoms with Gasteiger partial charge in [0, 0.05) is 24.3 Å². The molecule has 8 nitrogen and oxygen atoms in total. The van der Waals surface area contributed by atoms with Crippen molar-refractivity contribution < 1.29 is 19.0 Å². The van der Waals surface area contributed by atoms with Crippen LogP contribution in [-0.4, -0.2) is 48.1 Å². The lowest BCUT2D eigenvalue weighted by Gasteiger charge is -2.10. The maximum absolute atomic E-state index is 11.9. The van der Waals surface area contributed by atoms with E-state index in [0.29, 0.717) is 19.0 Å². The van der Waals surface area contributed by atoms with E-state index in [1.54, 1.807) is 18.9 Å². The van der Waals surface area contributed by atoms with Gasteiger partial charge in [-0.25, -0.2) is 4.68 Å². The van der Waals surface area contributed by atoms with Crippen LogP contribution in [0, 0.1) is 5.92 Å². The Balaban J connectivity index is 1.94. The molecule has 0 bridgehead atoms. The number of rotatable bonds is 9. The molecule has 0 atom stereocenters. The van der Waals surface area contributed by atoms with Crippen molar-refractivity contribution >= 4 is 11.6 Å². The maximum Gasteiger partial charge on any atom is 0.336 e. The van der Waals surface area contributed by atoms with E-state index in [4.69, 9.17) is 14.2 Å². The van der Waals surface area contributed by atoms with Crippen molar-refractivity contribution in [3.63, 3.8) is 0 Å². The largest absolute Gasteiger partial charge is 0.497 e. The smallest absolute Gasteiger partial charge is 0.336 e. The Morgan fingerprint density at radius 3 is 2.53 bits per heavy atom. The van der Waals surface area contributed by atoms with Gasteiger partial charge in [0.25, 0.3) is 0 Å². The minimum Gasteiger partial charge on any atom is -0.497 e. The highest BCUT2D eigenvalue weighted by molar-refractivity contribution is 5.92. The number of methoxy groups -OCH3 is 2. The molecule has 0 aliphatic rings. The van der Waals surface area contributed by atoms with Gasteiger partial charge in [-0.1, -0.05) is 26.0 Å². The third-order valence-corrected chi connectivity index (χ3v) is 4.34. The topological polar surface area (TPSA) is 87.5 Å². The highest BCUT2D eigenvalue weighted by atomic mass is 16.5. The number of benzene rings is 2. The predicted octanol–water partition coefficient (Wildman–Crippen LogP) is 3.56. The Bertz CT molecular complexity index is 983. The van der Waals surface area contributed by atoms with Gasteiger partial charge in [-0.15, -0.1) is 5.10 Å². The normalized spacial score (nSPS) is 10.8. The first-order valence-electron chi connectivity index (χ1n) is 9.66. The zero-order valence-corrected chi connectivity index (χ0v) is 17.6. The molecule has 1 aromatic heterocycles. The molecule has 0 aliphatic heterocycles. The Kier molecular flexibility index (Phi) is 7.03. The summed E-state index contributed by atoms with van der Waals surface area (Å²) in [4.78, 5) is 16.5. The molecule has 0 saturated heterocycles. The molecule has 30 heavy (non-hydrogen) atoms. The summed E-state index contributed by atoms with van der Waals surface area (Å²) in [6.07, 6.45) is 0. The number of carbonyl (C=O) groups is 1. The van der Waals surface area contributed by atoms with Gasteiger partial charge >= 0.3 is 6.01 Å². The summed E-state index contributed by atoms with van der Waals surface area (Å²) in [5.74, 6) is 1.21. The molecule has 0 aliphatic carbocycles. The van der Waals surface area contributed by atoms with E-state index in [1.165, 1.54) is 0 Å². The van der Waals surface area contributed by atoms with Crippen LogP contribution in [0.2, 0.25) is 0 Å². The van der Waals surface area contributed by atoms with E-state index < -0.39 is 0 Å². The molecule has 0 fully saturated rings. The summed E-state index contributed by atoms with van der Waals surface area (Å²) in [6, 6.07) is 15.2. The van der Waals surface area contributed by atoms with Crippen LogP contribution in [-0.2, 0) is 9.53 Å². The second kappa shape index (κ2) is 9.89. The van der Waals surface area contributed by atoms with Crippen LogP contribution in [0.3, 0.4) is 0 Å². The fourth-order valence-electron chi connectivity index (χ4n) is 2.67. The quantitative estimate of drug-likeness (QED) is 0.543. The Hall–Kier alpha value is -3.39. The second-order valence-corrected chi connectivity index (χ2v) is 6.89. The van der Waals surface area contributed by atoms with Gasteiger partial charge in [0.2, 0.25) is 5.91 Å². The van der Waals surface area contributed by atoms with Gasteiger partial charge in [-0.05, 0) is 36.4 Å². The van der Waals surface area contributed by atoms with Crippen molar-refractivity contribution in [3.8, 4) is 28.8 Å². The van der Waals surface area contributed by atoms with Gasteiger partial charge in [-0.3, -0.25) is 4.79 Å². The van der Waals surface area contributed by atoms with Crippen molar-refractivity contribution in [2.24, 2.45) is 5.92 Å². The Morgan fingerprint density at radius 1 is 1.10 bits per heavy atom. The molecule has 1 amide bonds. The van der Waals surface area contributed by atoms with Crippen LogP contribution in [0.15, 0.2) is 48.5 Å². The van der Waals surface area contributed by atoms with E-state index in [2.05, 4.69) is 15.4 Å². The molecule has 0 unspecified atom stereocenters. The maximum atomic E-state index is 11.9. The standard InChI is InChI=1S/C22H26N4O4/c1-15(2)21(27)23-17-8-10-18(11-9-17)26-20(16-6-5-7-19(14-16)29-4)24-22(25-26)30-13-12-28-3/h5-11,14-15H,12-13H2,1-4H3,(H,23,27). The molecule has 0 radical (unpaired) electrons. The highest BCUT2D eigenvalue weighted by Gasteiger charge is 2.16. The molecule has 3 rings (SSSR count). The fraction of sp³-hybridized carbons (Fsp3) is 0.318. The number of ether oxygens (including phenoxy) is 3. The third kappa shape index (κ3) is 5.15. The molecule has 2 aromatic carbocycles. The van der Waals surface area contributed by atoms with Gasteiger partial charge in [0.05, 0.1) is 19.4 Å². The molecule has 0 spiro atoms. The van der Waals surface area contributed by atoms with Crippen LogP contribution in [0.25, 0.3) is 17.1 Å². The first-order valence-corrected chi connectivity index (χ1v) is 9.66. The van der Waals surface area contributed by atoms with E-state index >= 15 is 0 Å². The zero-order chi connectivity index (χ0) is 21.5. The summed E-state index contributed by atoms with van der Waals surface area (Å²) in [5.41, 5.74) is 2.34. The zero-order valence-electron chi connectivity index (χ0n) is 17.6. The number of nitrogens with one attached hydrogen (secondary N) is 1. The van der Waals surface area contributed by atoms with Crippen LogP contribution >= 0.6 is 0 Å². The molecule has 0 saturated carbocycles. The van der Waals surface area contributed by atoms with Crippen molar-refractivity contribution in [2.45, 2.75) is 13.8 Å². The van der Waals surface area contributed by atoms with E-state index in [0.717, 1.165) is 22.7 Å². The summed E-state index contributed by atoms with van der Waals surface area (Å²) >= 11 is 0. The van der Waals surface area contributed by atoms with E-state index in [1.807, 2.05) is 62.4 Å². The van der Waals surface area contributed by atoms with Crippen LogP contribution in [0.5, 0.6) is 11.8 Å². The second-order valence-electron chi connectivity index (χ2n) is 6.89. The van der Waals surface area contributed by atoms with E-state index in [-0.39, 0.29) is 17.8 Å². The number of hydrogen-bond acceptors (Lipinski definition) is 6. The fourth-order valence-corrected chi connectivity index (χ4v) is 2.67. The lowest BCUT2D eigenvalue weighted by atomic mass is 10.2. The van der Waals surface area contributed by atoms with Crippen LogP contribution in [0.4, 0.5) is 5.69 Å². The third-order valence-electron chi connectivity index (χ3n) is 4.34. The van der Waals surface area contributed by atoms with Crippen molar-refractivity contribution in [2.75, 3.05) is 32.8 Å². The molecular formula is C22H26N4O4. The highest BCUT2D eigenvalue weighted by Crippen LogP contribution is 2.27. The summed E-state index contributed by atoms with van der Waals surface area (Å²) in [6.45, 7) is 4.49. The van der Waals surface area contributed by atoms with Crippen LogP contribution in [0.1, 0.15) is 13.8 Å². The Labute approximate surface area is 175 Å². The molecule has 1 N–H and O–H groups in total. The summed E-state index contributed by atoms with van der Waals surface area (Å²) < 4.78 is 17.7. The number of anilines is 1. The summed E-state index contributed by atoms with van der Waals surface area (Å²) in [7, 11) is 3.23. The van der Waals surface area contributed by atoms with Gasteiger partial charge in [-0.2, -0.15) is 4.98 Å². The number of aromatic nitrogens is 3. The Morgan fingerprint density at radius 2 is 1.87 bits per heavy atom. The number of hydrogen-bond donors (Lipinski definition) is 1. The number of nitrogens with zero attached hydrogens (tertiary/aromatic N) is 3. The molecule has 8 heteroatoms. The minimum atomic E-state index is -0.0912. The number of amides is 1. The van der Waals surface area contributed by atoms with Gasteiger partial charge in [0.1, 0.15) is 12.4 Å². The first kappa shape index (κ1) is 21.3. The molecule has 1 heterocycles.